The molecule has 0 spiro atoms. The van der Waals surface area contributed by atoms with Crippen LogP contribution in [0.4, 0.5) is 11.4 Å². The lowest BCUT2D eigenvalue weighted by Gasteiger charge is -2.14. The van der Waals surface area contributed by atoms with Crippen LogP contribution >= 0.6 is 0 Å². The maximum Gasteiger partial charge on any atom is 0.255 e. The van der Waals surface area contributed by atoms with Crippen LogP contribution in [0.2, 0.25) is 0 Å². The van der Waals surface area contributed by atoms with Crippen molar-refractivity contribution in [2.45, 2.75) is 40.7 Å². The van der Waals surface area contributed by atoms with Crippen molar-refractivity contribution < 1.29 is 18.8 Å². The number of nitrogens with one attached hydrogen (secondary N) is 2. The van der Waals surface area contributed by atoms with Gasteiger partial charge >= 0.3 is 0 Å². The summed E-state index contributed by atoms with van der Waals surface area (Å²) in [6.07, 6.45) is 0.386. The van der Waals surface area contributed by atoms with E-state index in [0.29, 0.717) is 41.5 Å². The van der Waals surface area contributed by atoms with Gasteiger partial charge in [0.1, 0.15) is 18.1 Å². The molecule has 1 aromatic heterocycles. The highest BCUT2D eigenvalue weighted by atomic mass is 16.5. The maximum absolute atomic E-state index is 12.8. The minimum absolute atomic E-state index is 0.0790. The van der Waals surface area contributed by atoms with Crippen LogP contribution in [0, 0.1) is 20.8 Å². The van der Waals surface area contributed by atoms with Gasteiger partial charge in [0.05, 0.1) is 11.3 Å². The topological polar surface area (TPSA) is 93.5 Å². The number of benzene rings is 2. The summed E-state index contributed by atoms with van der Waals surface area (Å²) in [5.74, 6) is 0.944. The second-order valence-electron chi connectivity index (χ2n) is 6.95. The third-order valence-electron chi connectivity index (χ3n) is 4.84. The summed E-state index contributed by atoms with van der Waals surface area (Å²) in [4.78, 5) is 24.5. The number of hydrogen-bond donors (Lipinski definition) is 2. The largest absolute Gasteiger partial charge is 0.489 e. The van der Waals surface area contributed by atoms with Gasteiger partial charge in [-0.25, -0.2) is 0 Å². The van der Waals surface area contributed by atoms with Gasteiger partial charge < -0.3 is 19.9 Å². The summed E-state index contributed by atoms with van der Waals surface area (Å²) >= 11 is 0. The van der Waals surface area contributed by atoms with Crippen LogP contribution in [0.15, 0.2) is 47.0 Å². The van der Waals surface area contributed by atoms with Crippen molar-refractivity contribution in [3.63, 3.8) is 0 Å². The van der Waals surface area contributed by atoms with Gasteiger partial charge in [-0.2, -0.15) is 0 Å². The smallest absolute Gasteiger partial charge is 0.255 e. The molecule has 156 valence electrons. The van der Waals surface area contributed by atoms with Crippen molar-refractivity contribution in [2.75, 3.05) is 10.6 Å². The Kier molecular flexibility index (Phi) is 6.51. The van der Waals surface area contributed by atoms with Crippen molar-refractivity contribution in [3.05, 3.63) is 70.6 Å². The molecule has 3 rings (SSSR count). The van der Waals surface area contributed by atoms with Crippen LogP contribution < -0.4 is 15.4 Å². The molecule has 2 N–H and O–H groups in total. The Morgan fingerprint density at radius 1 is 1.03 bits per heavy atom. The number of ether oxygens (including phenoxy) is 1. The molecule has 0 saturated heterocycles. The normalized spacial score (nSPS) is 10.5. The zero-order chi connectivity index (χ0) is 21.7. The Morgan fingerprint density at radius 2 is 1.73 bits per heavy atom. The first-order valence-electron chi connectivity index (χ1n) is 9.74. The van der Waals surface area contributed by atoms with E-state index in [2.05, 4.69) is 15.8 Å². The highest BCUT2D eigenvalue weighted by Gasteiger charge is 2.13. The van der Waals surface area contributed by atoms with Crippen molar-refractivity contribution in [1.82, 2.24) is 5.16 Å². The van der Waals surface area contributed by atoms with E-state index in [0.717, 1.165) is 16.8 Å². The molecular formula is C23H25N3O4. The van der Waals surface area contributed by atoms with Crippen LogP contribution in [0.25, 0.3) is 0 Å². The molecule has 0 aliphatic rings. The quantitative estimate of drug-likeness (QED) is 0.588. The molecule has 7 nitrogen and oxygen atoms in total. The molecule has 1 heterocycles. The van der Waals surface area contributed by atoms with Crippen molar-refractivity contribution in [1.29, 1.82) is 0 Å². The molecule has 0 atom stereocenters. The zero-order valence-corrected chi connectivity index (χ0v) is 17.5. The highest BCUT2D eigenvalue weighted by molar-refractivity contribution is 6.05. The monoisotopic (exact) mass is 407 g/mol. The Bertz CT molecular complexity index is 1050. The summed E-state index contributed by atoms with van der Waals surface area (Å²) in [5.41, 5.74) is 4.25. The molecule has 2 amide bonds. The van der Waals surface area contributed by atoms with Crippen LogP contribution in [-0.4, -0.2) is 17.0 Å². The number of aromatic nitrogens is 1. The van der Waals surface area contributed by atoms with E-state index in [9.17, 15) is 9.59 Å². The predicted octanol–water partition coefficient (Wildman–Crippen LogP) is 4.78. The second-order valence-corrected chi connectivity index (χ2v) is 6.95. The fourth-order valence-electron chi connectivity index (χ4n) is 2.93. The first-order valence-corrected chi connectivity index (χ1v) is 9.74. The molecule has 30 heavy (non-hydrogen) atoms. The van der Waals surface area contributed by atoms with Gasteiger partial charge in [0.2, 0.25) is 5.91 Å². The molecular weight excluding hydrogens is 382 g/mol. The summed E-state index contributed by atoms with van der Waals surface area (Å²) in [6.45, 7) is 7.64. The van der Waals surface area contributed by atoms with Crippen LogP contribution in [0.1, 0.15) is 46.3 Å². The van der Waals surface area contributed by atoms with Gasteiger partial charge in [-0.05, 0) is 56.7 Å². The minimum atomic E-state index is -0.264. The van der Waals surface area contributed by atoms with E-state index >= 15 is 0 Å². The standard InChI is InChI=1S/C23H25N3O4/c1-5-22(27)24-20-10-7-11-21(14(20)2)25-23(28)17-8-6-9-18(12-17)29-13-19-15(3)26-30-16(19)4/h6-12H,5,13H2,1-4H3,(H,24,27)(H,25,28). The average molecular weight is 407 g/mol. The predicted molar refractivity (Wildman–Crippen MR) is 115 cm³/mol. The average Bonchev–Trinajstić information content (AvgIpc) is 3.06. The van der Waals surface area contributed by atoms with E-state index in [1.807, 2.05) is 26.8 Å². The molecule has 0 aliphatic carbocycles. The molecule has 0 saturated carbocycles. The minimum Gasteiger partial charge on any atom is -0.489 e. The number of aryl methyl sites for hydroxylation is 2. The lowest BCUT2D eigenvalue weighted by Crippen LogP contribution is -2.15. The maximum atomic E-state index is 12.8. The van der Waals surface area contributed by atoms with E-state index < -0.39 is 0 Å². The van der Waals surface area contributed by atoms with E-state index in [4.69, 9.17) is 9.26 Å². The van der Waals surface area contributed by atoms with Crippen molar-refractivity contribution in [3.8, 4) is 5.75 Å². The Hall–Kier alpha value is -3.61. The summed E-state index contributed by atoms with van der Waals surface area (Å²) in [7, 11) is 0. The van der Waals surface area contributed by atoms with Gasteiger partial charge in [0.25, 0.3) is 5.91 Å². The van der Waals surface area contributed by atoms with Gasteiger partial charge in [0, 0.05) is 23.4 Å². The highest BCUT2D eigenvalue weighted by Crippen LogP contribution is 2.25. The van der Waals surface area contributed by atoms with Crippen molar-refractivity contribution >= 4 is 23.2 Å². The molecule has 2 aromatic carbocycles. The lowest BCUT2D eigenvalue weighted by atomic mass is 10.1. The second kappa shape index (κ2) is 9.26. The van der Waals surface area contributed by atoms with Crippen LogP contribution in [0.5, 0.6) is 5.75 Å². The lowest BCUT2D eigenvalue weighted by molar-refractivity contribution is -0.115. The van der Waals surface area contributed by atoms with Crippen molar-refractivity contribution in [2.24, 2.45) is 0 Å². The van der Waals surface area contributed by atoms with Gasteiger partial charge in [-0.1, -0.05) is 24.2 Å². The molecule has 7 heteroatoms. The number of hydrogen-bond acceptors (Lipinski definition) is 5. The Labute approximate surface area is 175 Å². The molecule has 0 radical (unpaired) electrons. The summed E-state index contributed by atoms with van der Waals surface area (Å²) in [5, 5.41) is 9.66. The van der Waals surface area contributed by atoms with Crippen LogP contribution in [-0.2, 0) is 11.4 Å². The number of rotatable bonds is 7. The van der Waals surface area contributed by atoms with E-state index in [1.165, 1.54) is 0 Å². The van der Waals surface area contributed by atoms with E-state index in [1.54, 1.807) is 43.3 Å². The van der Waals surface area contributed by atoms with E-state index in [-0.39, 0.29) is 11.8 Å². The third-order valence-corrected chi connectivity index (χ3v) is 4.84. The molecule has 0 aliphatic heterocycles. The van der Waals surface area contributed by atoms with Gasteiger partial charge in [0.15, 0.2) is 0 Å². The Morgan fingerprint density at radius 3 is 2.40 bits per heavy atom. The number of anilines is 2. The van der Waals surface area contributed by atoms with Gasteiger partial charge in [-0.3, -0.25) is 9.59 Å². The van der Waals surface area contributed by atoms with Gasteiger partial charge in [-0.15, -0.1) is 0 Å². The molecule has 0 fully saturated rings. The summed E-state index contributed by atoms with van der Waals surface area (Å²) < 4.78 is 11.0. The third kappa shape index (κ3) is 4.86. The molecule has 0 unspecified atom stereocenters. The zero-order valence-electron chi connectivity index (χ0n) is 17.5. The number of nitrogens with zero attached hydrogens (tertiary/aromatic N) is 1. The molecule has 0 bridgehead atoms. The summed E-state index contributed by atoms with van der Waals surface area (Å²) in [6, 6.07) is 12.4. The first kappa shape index (κ1) is 21.1. The SMILES string of the molecule is CCC(=O)Nc1cccc(NC(=O)c2cccc(OCc3c(C)noc3C)c2)c1C. The number of amides is 2. The number of carbonyl (C=O) groups excluding carboxylic acids is 2. The fraction of sp³-hybridized carbons (Fsp3) is 0.261. The Balaban J connectivity index is 1.71. The first-order chi connectivity index (χ1) is 14.4. The molecule has 3 aromatic rings. The van der Waals surface area contributed by atoms with Crippen LogP contribution in [0.3, 0.4) is 0 Å². The number of carbonyl (C=O) groups is 2. The fourth-order valence-corrected chi connectivity index (χ4v) is 2.93.